The zero-order valence-electron chi connectivity index (χ0n) is 14.1. The molecule has 0 aliphatic rings. The molecular formula is C19H25N3O. The van der Waals surface area contributed by atoms with Crippen molar-refractivity contribution < 1.29 is 4.74 Å². The average Bonchev–Trinajstić information content (AvgIpc) is 2.61. The van der Waals surface area contributed by atoms with Gasteiger partial charge in [0.05, 0.1) is 12.8 Å². The fourth-order valence-corrected chi connectivity index (χ4v) is 2.56. The summed E-state index contributed by atoms with van der Waals surface area (Å²) in [5, 5.41) is 12.0. The molecule has 1 atom stereocenters. The van der Waals surface area contributed by atoms with Crippen LogP contribution in [-0.4, -0.2) is 23.8 Å². The molecule has 122 valence electrons. The highest BCUT2D eigenvalue weighted by atomic mass is 16.5. The second-order valence-corrected chi connectivity index (χ2v) is 5.54. The van der Waals surface area contributed by atoms with Gasteiger partial charge in [0.25, 0.3) is 0 Å². The first-order chi connectivity index (χ1) is 11.2. The summed E-state index contributed by atoms with van der Waals surface area (Å²) in [6.07, 6.45) is 5.04. The molecule has 1 unspecified atom stereocenters. The quantitative estimate of drug-likeness (QED) is 0.706. The van der Waals surface area contributed by atoms with Gasteiger partial charge in [0, 0.05) is 23.4 Å². The predicted octanol–water partition coefficient (Wildman–Crippen LogP) is 4.50. The molecule has 0 saturated carbocycles. The van der Waals surface area contributed by atoms with Crippen LogP contribution in [0.3, 0.4) is 0 Å². The van der Waals surface area contributed by atoms with Crippen LogP contribution in [0.15, 0.2) is 42.6 Å². The van der Waals surface area contributed by atoms with Gasteiger partial charge in [-0.15, -0.1) is 0 Å². The van der Waals surface area contributed by atoms with Crippen LogP contribution >= 0.6 is 0 Å². The summed E-state index contributed by atoms with van der Waals surface area (Å²) in [5.41, 5.74) is 2.15. The normalized spacial score (nSPS) is 11.8. The van der Waals surface area contributed by atoms with Crippen molar-refractivity contribution in [1.29, 1.82) is 5.41 Å². The first kappa shape index (κ1) is 17.0. The van der Waals surface area contributed by atoms with Crippen LogP contribution < -0.4 is 10.1 Å². The molecular weight excluding hydrogens is 286 g/mol. The Bertz CT molecular complexity index is 637. The molecule has 0 bridgehead atoms. The number of rotatable bonds is 8. The minimum Gasteiger partial charge on any atom is -0.497 e. The molecule has 1 heterocycles. The van der Waals surface area contributed by atoms with Gasteiger partial charge in [-0.05, 0) is 49.2 Å². The highest BCUT2D eigenvalue weighted by Crippen LogP contribution is 2.21. The van der Waals surface area contributed by atoms with Crippen LogP contribution in [0.4, 0.5) is 5.82 Å². The maximum Gasteiger partial charge on any atom is 0.135 e. The van der Waals surface area contributed by atoms with E-state index in [1.807, 2.05) is 36.4 Å². The zero-order valence-corrected chi connectivity index (χ0v) is 14.1. The van der Waals surface area contributed by atoms with E-state index in [-0.39, 0.29) is 0 Å². The van der Waals surface area contributed by atoms with Crippen molar-refractivity contribution in [3.8, 4) is 5.75 Å². The van der Waals surface area contributed by atoms with Crippen LogP contribution in [0, 0.1) is 5.41 Å². The van der Waals surface area contributed by atoms with Gasteiger partial charge in [0.1, 0.15) is 11.6 Å². The molecule has 0 amide bonds. The number of hydrogen-bond acceptors (Lipinski definition) is 4. The van der Waals surface area contributed by atoms with E-state index in [9.17, 15) is 0 Å². The molecule has 4 nitrogen and oxygen atoms in total. The van der Waals surface area contributed by atoms with Gasteiger partial charge in [0.2, 0.25) is 0 Å². The summed E-state index contributed by atoms with van der Waals surface area (Å²) >= 11 is 0. The molecule has 4 heteroatoms. The summed E-state index contributed by atoms with van der Waals surface area (Å²) < 4.78 is 5.18. The van der Waals surface area contributed by atoms with Crippen molar-refractivity contribution in [3.05, 3.63) is 53.7 Å². The van der Waals surface area contributed by atoms with Crippen LogP contribution in [0.1, 0.15) is 44.2 Å². The van der Waals surface area contributed by atoms with Crippen molar-refractivity contribution in [2.24, 2.45) is 0 Å². The van der Waals surface area contributed by atoms with Crippen molar-refractivity contribution in [2.45, 2.75) is 39.2 Å². The fourth-order valence-electron chi connectivity index (χ4n) is 2.56. The fraction of sp³-hybridized carbons (Fsp3) is 0.368. The van der Waals surface area contributed by atoms with Gasteiger partial charge in [-0.25, -0.2) is 4.98 Å². The maximum atomic E-state index is 8.52. The number of benzene rings is 1. The molecule has 0 fully saturated rings. The van der Waals surface area contributed by atoms with Crippen molar-refractivity contribution >= 4 is 11.5 Å². The molecule has 0 aliphatic heterocycles. The maximum absolute atomic E-state index is 8.52. The minimum atomic E-state index is 0.386. The van der Waals surface area contributed by atoms with E-state index in [4.69, 9.17) is 10.1 Å². The van der Waals surface area contributed by atoms with E-state index in [2.05, 4.69) is 24.1 Å². The van der Waals surface area contributed by atoms with E-state index in [0.717, 1.165) is 42.0 Å². The standard InChI is InChI=1S/C19H25N3O/c1-4-7-15(5-2)22-19-17(8-6-13-21-19)18(20)14-9-11-16(23-3)12-10-14/h6,8-13,15,20H,4-5,7H2,1-3H3,(H,21,22). The number of aromatic nitrogens is 1. The number of hydrogen-bond donors (Lipinski definition) is 2. The van der Waals surface area contributed by atoms with E-state index in [1.165, 1.54) is 0 Å². The third-order valence-corrected chi connectivity index (χ3v) is 3.93. The molecule has 2 aromatic rings. The van der Waals surface area contributed by atoms with E-state index in [1.54, 1.807) is 13.3 Å². The number of pyridine rings is 1. The summed E-state index contributed by atoms with van der Waals surface area (Å²) in [5.74, 6) is 1.58. The number of methoxy groups -OCH3 is 1. The average molecular weight is 311 g/mol. The molecule has 0 spiro atoms. The predicted molar refractivity (Wildman–Crippen MR) is 95.8 cm³/mol. The molecule has 0 radical (unpaired) electrons. The zero-order chi connectivity index (χ0) is 16.7. The Morgan fingerprint density at radius 1 is 1.22 bits per heavy atom. The van der Waals surface area contributed by atoms with E-state index >= 15 is 0 Å². The Morgan fingerprint density at radius 2 is 1.96 bits per heavy atom. The van der Waals surface area contributed by atoms with Gasteiger partial charge >= 0.3 is 0 Å². The second kappa shape index (κ2) is 8.32. The minimum absolute atomic E-state index is 0.386. The molecule has 2 rings (SSSR count). The third-order valence-electron chi connectivity index (χ3n) is 3.93. The number of nitrogens with one attached hydrogen (secondary N) is 2. The first-order valence-corrected chi connectivity index (χ1v) is 8.14. The molecule has 0 saturated heterocycles. The Hall–Kier alpha value is -2.36. The molecule has 23 heavy (non-hydrogen) atoms. The SMILES string of the molecule is CCCC(CC)Nc1ncccc1C(=N)c1ccc(OC)cc1. The Kier molecular flexibility index (Phi) is 6.15. The molecule has 1 aromatic heterocycles. The Balaban J connectivity index is 2.25. The van der Waals surface area contributed by atoms with Crippen molar-refractivity contribution in [2.75, 3.05) is 12.4 Å². The largest absolute Gasteiger partial charge is 0.497 e. The Morgan fingerprint density at radius 3 is 2.57 bits per heavy atom. The number of anilines is 1. The third kappa shape index (κ3) is 4.31. The topological polar surface area (TPSA) is 58.0 Å². The van der Waals surface area contributed by atoms with Gasteiger partial charge in [-0.2, -0.15) is 0 Å². The summed E-state index contributed by atoms with van der Waals surface area (Å²) in [7, 11) is 1.64. The summed E-state index contributed by atoms with van der Waals surface area (Å²) in [6.45, 7) is 4.35. The second-order valence-electron chi connectivity index (χ2n) is 5.54. The van der Waals surface area contributed by atoms with Gasteiger partial charge < -0.3 is 10.1 Å². The number of nitrogens with zero attached hydrogens (tertiary/aromatic N) is 1. The van der Waals surface area contributed by atoms with E-state index < -0.39 is 0 Å². The van der Waals surface area contributed by atoms with Crippen LogP contribution in [0.5, 0.6) is 5.75 Å². The summed E-state index contributed by atoms with van der Waals surface area (Å²) in [6, 6.07) is 11.8. The van der Waals surface area contributed by atoms with Crippen LogP contribution in [0.2, 0.25) is 0 Å². The van der Waals surface area contributed by atoms with Crippen LogP contribution in [0.25, 0.3) is 0 Å². The number of ether oxygens (including phenoxy) is 1. The van der Waals surface area contributed by atoms with Crippen molar-refractivity contribution in [1.82, 2.24) is 4.98 Å². The molecule has 1 aromatic carbocycles. The highest BCUT2D eigenvalue weighted by molar-refractivity contribution is 6.13. The molecule has 0 aliphatic carbocycles. The summed E-state index contributed by atoms with van der Waals surface area (Å²) in [4.78, 5) is 4.45. The highest BCUT2D eigenvalue weighted by Gasteiger charge is 2.14. The lowest BCUT2D eigenvalue weighted by Gasteiger charge is -2.19. The first-order valence-electron chi connectivity index (χ1n) is 8.14. The van der Waals surface area contributed by atoms with Crippen LogP contribution in [-0.2, 0) is 0 Å². The van der Waals surface area contributed by atoms with E-state index in [0.29, 0.717) is 11.8 Å². The molecule has 2 N–H and O–H groups in total. The lowest BCUT2D eigenvalue weighted by atomic mass is 10.0. The lowest BCUT2D eigenvalue weighted by Crippen LogP contribution is -2.21. The van der Waals surface area contributed by atoms with Gasteiger partial charge in [0.15, 0.2) is 0 Å². The Labute approximate surface area is 138 Å². The smallest absolute Gasteiger partial charge is 0.135 e. The van der Waals surface area contributed by atoms with Crippen molar-refractivity contribution in [3.63, 3.8) is 0 Å². The monoisotopic (exact) mass is 311 g/mol. The van der Waals surface area contributed by atoms with Gasteiger partial charge in [-0.1, -0.05) is 20.3 Å². The van der Waals surface area contributed by atoms with Gasteiger partial charge in [-0.3, -0.25) is 5.41 Å². The lowest BCUT2D eigenvalue weighted by molar-refractivity contribution is 0.415.